The summed E-state index contributed by atoms with van der Waals surface area (Å²) in [5.74, 6) is -1.18. The lowest BCUT2D eigenvalue weighted by atomic mass is 9.77. The van der Waals surface area contributed by atoms with Gasteiger partial charge in [0, 0.05) is 18.1 Å². The van der Waals surface area contributed by atoms with Crippen molar-refractivity contribution in [2.45, 2.75) is 31.7 Å². The topological polar surface area (TPSA) is 58.6 Å². The Kier molecular flexibility index (Phi) is 4.68. The predicted molar refractivity (Wildman–Crippen MR) is 114 cm³/mol. The molecule has 5 rings (SSSR count). The molecule has 3 heterocycles. The molecule has 154 valence electrons. The average molecular weight is 423 g/mol. The zero-order valence-electron chi connectivity index (χ0n) is 16.7. The number of ether oxygens (including phenoxy) is 1. The van der Waals surface area contributed by atoms with E-state index in [-0.39, 0.29) is 17.9 Å². The van der Waals surface area contributed by atoms with Crippen molar-refractivity contribution in [1.29, 1.82) is 0 Å². The lowest BCUT2D eigenvalue weighted by molar-refractivity contribution is -0.137. The van der Waals surface area contributed by atoms with Crippen LogP contribution in [0.25, 0.3) is 0 Å². The summed E-state index contributed by atoms with van der Waals surface area (Å²) in [5.41, 5.74) is 2.41. The van der Waals surface area contributed by atoms with Crippen LogP contribution < -0.4 is 5.32 Å². The molecule has 0 aromatic heterocycles. The Morgan fingerprint density at radius 3 is 2.77 bits per heavy atom. The molecule has 2 saturated heterocycles. The maximum atomic E-state index is 13.3. The van der Waals surface area contributed by atoms with Gasteiger partial charge in [-0.1, -0.05) is 71.8 Å². The normalized spacial score (nSPS) is 28.8. The second-order valence-electron chi connectivity index (χ2n) is 8.39. The van der Waals surface area contributed by atoms with Gasteiger partial charge < -0.3 is 15.0 Å². The van der Waals surface area contributed by atoms with E-state index in [0.29, 0.717) is 24.7 Å². The highest BCUT2D eigenvalue weighted by atomic mass is 35.5. The van der Waals surface area contributed by atoms with Gasteiger partial charge in [-0.05, 0) is 24.1 Å². The van der Waals surface area contributed by atoms with Gasteiger partial charge in [-0.15, -0.1) is 0 Å². The number of rotatable bonds is 5. The summed E-state index contributed by atoms with van der Waals surface area (Å²) >= 11 is 6.20. The van der Waals surface area contributed by atoms with E-state index < -0.39 is 17.4 Å². The Balaban J connectivity index is 1.32. The van der Waals surface area contributed by atoms with E-state index in [9.17, 15) is 9.59 Å². The standard InChI is InChI=1S/C24H23ClN2O3/c1-15-6-8-16(9-7-15)13-27-14-24-11-10-19(30-24)20(21(24)23(27)29)22(28)26-12-17-4-2-3-5-18(17)25/h2-11,19-21H,12-14H2,1H3,(H,26,28)/t19-,20?,21-,24?/m0/s1. The third-order valence-corrected chi connectivity index (χ3v) is 6.76. The zero-order chi connectivity index (χ0) is 20.9. The first-order chi connectivity index (χ1) is 14.5. The van der Waals surface area contributed by atoms with Gasteiger partial charge in [-0.3, -0.25) is 9.59 Å². The quantitative estimate of drug-likeness (QED) is 0.752. The first kappa shape index (κ1) is 19.3. The molecule has 6 heteroatoms. The summed E-state index contributed by atoms with van der Waals surface area (Å²) < 4.78 is 6.19. The molecule has 1 N–H and O–H groups in total. The maximum Gasteiger partial charge on any atom is 0.230 e. The Morgan fingerprint density at radius 2 is 2.00 bits per heavy atom. The minimum absolute atomic E-state index is 0.0136. The molecule has 0 saturated carbocycles. The largest absolute Gasteiger partial charge is 0.360 e. The molecule has 2 aromatic rings. The van der Waals surface area contributed by atoms with Gasteiger partial charge in [-0.25, -0.2) is 0 Å². The molecular formula is C24H23ClN2O3. The summed E-state index contributed by atoms with van der Waals surface area (Å²) in [4.78, 5) is 28.2. The molecule has 2 fully saturated rings. The first-order valence-corrected chi connectivity index (χ1v) is 10.6. The van der Waals surface area contributed by atoms with E-state index in [2.05, 4.69) is 5.32 Å². The van der Waals surface area contributed by atoms with E-state index in [0.717, 1.165) is 11.1 Å². The molecule has 2 unspecified atom stereocenters. The lowest BCUT2D eigenvalue weighted by Crippen LogP contribution is -2.43. The van der Waals surface area contributed by atoms with Gasteiger partial charge >= 0.3 is 0 Å². The van der Waals surface area contributed by atoms with Crippen LogP contribution in [0.3, 0.4) is 0 Å². The van der Waals surface area contributed by atoms with E-state index in [4.69, 9.17) is 16.3 Å². The molecule has 0 radical (unpaired) electrons. The molecule has 2 bridgehead atoms. The number of carbonyl (C=O) groups excluding carboxylic acids is 2. The molecule has 3 aliphatic rings. The van der Waals surface area contributed by atoms with Gasteiger partial charge in [-0.2, -0.15) is 0 Å². The van der Waals surface area contributed by atoms with Gasteiger partial charge in [0.2, 0.25) is 11.8 Å². The van der Waals surface area contributed by atoms with E-state index in [1.165, 1.54) is 5.56 Å². The highest BCUT2D eigenvalue weighted by Gasteiger charge is 2.66. The molecular weight excluding hydrogens is 400 g/mol. The fourth-order valence-corrected chi connectivity index (χ4v) is 5.07. The SMILES string of the molecule is Cc1ccc(CN2CC34C=C[C@H](O3)C(C(=O)NCc3ccccc3Cl)[C@H]4C2=O)cc1. The van der Waals surface area contributed by atoms with Crippen LogP contribution in [0.5, 0.6) is 0 Å². The van der Waals surface area contributed by atoms with Crippen LogP contribution in [0.4, 0.5) is 0 Å². The Hall–Kier alpha value is -2.63. The zero-order valence-corrected chi connectivity index (χ0v) is 17.4. The number of likely N-dealkylation sites (tertiary alicyclic amines) is 1. The summed E-state index contributed by atoms with van der Waals surface area (Å²) in [6.45, 7) is 3.36. The minimum Gasteiger partial charge on any atom is -0.360 e. The van der Waals surface area contributed by atoms with E-state index in [1.54, 1.807) is 6.07 Å². The average Bonchev–Trinajstić information content (AvgIpc) is 3.37. The number of carbonyl (C=O) groups is 2. The van der Waals surface area contributed by atoms with Crippen LogP contribution in [-0.4, -0.2) is 35.0 Å². The maximum absolute atomic E-state index is 13.3. The van der Waals surface area contributed by atoms with Crippen molar-refractivity contribution < 1.29 is 14.3 Å². The molecule has 3 aliphatic heterocycles. The van der Waals surface area contributed by atoms with Crippen LogP contribution in [0.2, 0.25) is 5.02 Å². The molecule has 30 heavy (non-hydrogen) atoms. The second kappa shape index (κ2) is 7.25. The molecule has 5 nitrogen and oxygen atoms in total. The Morgan fingerprint density at radius 1 is 1.23 bits per heavy atom. The number of hydrogen-bond acceptors (Lipinski definition) is 3. The number of nitrogens with one attached hydrogen (secondary N) is 1. The van der Waals surface area contributed by atoms with Crippen molar-refractivity contribution in [3.8, 4) is 0 Å². The predicted octanol–water partition coefficient (Wildman–Crippen LogP) is 3.25. The smallest absolute Gasteiger partial charge is 0.230 e. The highest BCUT2D eigenvalue weighted by molar-refractivity contribution is 6.31. The number of nitrogens with zero attached hydrogens (tertiary/aromatic N) is 1. The second-order valence-corrected chi connectivity index (χ2v) is 8.80. The van der Waals surface area contributed by atoms with Gasteiger partial charge in [0.1, 0.15) is 5.60 Å². The van der Waals surface area contributed by atoms with Crippen molar-refractivity contribution in [3.63, 3.8) is 0 Å². The van der Waals surface area contributed by atoms with Crippen molar-refractivity contribution >= 4 is 23.4 Å². The van der Waals surface area contributed by atoms with E-state index >= 15 is 0 Å². The van der Waals surface area contributed by atoms with E-state index in [1.807, 2.05) is 66.4 Å². The van der Waals surface area contributed by atoms with Gasteiger partial charge in [0.05, 0.1) is 24.5 Å². The van der Waals surface area contributed by atoms with Crippen molar-refractivity contribution in [1.82, 2.24) is 10.2 Å². The fourth-order valence-electron chi connectivity index (χ4n) is 4.87. The summed E-state index contributed by atoms with van der Waals surface area (Å²) in [7, 11) is 0. The summed E-state index contributed by atoms with van der Waals surface area (Å²) in [6.07, 6.45) is 3.55. The Bertz CT molecular complexity index is 1040. The van der Waals surface area contributed by atoms with Gasteiger partial charge in [0.15, 0.2) is 0 Å². The molecule has 4 atom stereocenters. The molecule has 1 spiro atoms. The molecule has 0 aliphatic carbocycles. The number of amides is 2. The number of hydrogen-bond donors (Lipinski definition) is 1. The first-order valence-electron chi connectivity index (χ1n) is 10.2. The molecule has 2 amide bonds. The summed E-state index contributed by atoms with van der Waals surface area (Å²) in [6, 6.07) is 15.6. The summed E-state index contributed by atoms with van der Waals surface area (Å²) in [5, 5.41) is 3.57. The number of benzene rings is 2. The lowest BCUT2D eigenvalue weighted by Gasteiger charge is -2.23. The van der Waals surface area contributed by atoms with Crippen LogP contribution >= 0.6 is 11.6 Å². The van der Waals surface area contributed by atoms with Crippen LogP contribution in [0, 0.1) is 18.8 Å². The van der Waals surface area contributed by atoms with Crippen molar-refractivity contribution in [2.24, 2.45) is 11.8 Å². The van der Waals surface area contributed by atoms with Gasteiger partial charge in [0.25, 0.3) is 0 Å². The number of aryl methyl sites for hydroxylation is 1. The monoisotopic (exact) mass is 422 g/mol. The van der Waals surface area contributed by atoms with Crippen molar-refractivity contribution in [2.75, 3.05) is 6.54 Å². The highest BCUT2D eigenvalue weighted by Crippen LogP contribution is 2.52. The Labute approximate surface area is 180 Å². The van der Waals surface area contributed by atoms with Crippen LogP contribution in [0.1, 0.15) is 16.7 Å². The van der Waals surface area contributed by atoms with Crippen LogP contribution in [-0.2, 0) is 27.4 Å². The third kappa shape index (κ3) is 3.13. The third-order valence-electron chi connectivity index (χ3n) is 6.39. The molecule has 2 aromatic carbocycles. The number of fused-ring (bicyclic) bond motifs is 1. The van der Waals surface area contributed by atoms with Crippen molar-refractivity contribution in [3.05, 3.63) is 82.4 Å². The van der Waals surface area contributed by atoms with Crippen LogP contribution in [0.15, 0.2) is 60.7 Å². The number of halogens is 1. The fraction of sp³-hybridized carbons (Fsp3) is 0.333. The minimum atomic E-state index is -0.696.